The number of nitrogens with one attached hydrogen (secondary N) is 2. The first-order valence-electron chi connectivity index (χ1n) is 10.7. The van der Waals surface area contributed by atoms with E-state index in [2.05, 4.69) is 4.72 Å². The van der Waals surface area contributed by atoms with Crippen LogP contribution in [-0.4, -0.2) is 32.3 Å². The number of nitrogens with two attached hydrogens (primary N) is 2. The number of sulfonamides is 1. The minimum atomic E-state index is -3.62. The van der Waals surface area contributed by atoms with Crippen molar-refractivity contribution in [3.8, 4) is 11.1 Å². The number of amidine groups is 1. The van der Waals surface area contributed by atoms with Gasteiger partial charge >= 0.3 is 0 Å². The minimum Gasteiger partial charge on any atom is -0.384 e. The second kappa shape index (κ2) is 10.4. The Morgan fingerprint density at radius 3 is 2.14 bits per heavy atom. The van der Waals surface area contributed by atoms with Gasteiger partial charge in [0.1, 0.15) is 12.3 Å². The zero-order chi connectivity index (χ0) is 25.8. The second-order valence-corrected chi connectivity index (χ2v) is 9.83. The number of carbonyl (C=O) groups is 2. The van der Waals surface area contributed by atoms with Gasteiger partial charge in [0.2, 0.25) is 21.8 Å². The van der Waals surface area contributed by atoms with E-state index in [-0.39, 0.29) is 5.84 Å². The lowest BCUT2D eigenvalue weighted by Gasteiger charge is -2.31. The van der Waals surface area contributed by atoms with E-state index in [1.807, 2.05) is 36.4 Å². The molecular formula is C25H27N5O4S. The maximum atomic E-state index is 13.2. The Bertz CT molecular complexity index is 1360. The second-order valence-electron chi connectivity index (χ2n) is 8.09. The Morgan fingerprint density at radius 1 is 0.971 bits per heavy atom. The number of primary amides is 1. The summed E-state index contributed by atoms with van der Waals surface area (Å²) in [5.74, 6) is -1.48. The van der Waals surface area contributed by atoms with E-state index in [0.717, 1.165) is 17.4 Å². The molecule has 0 fully saturated rings. The summed E-state index contributed by atoms with van der Waals surface area (Å²) >= 11 is 0. The highest BCUT2D eigenvalue weighted by Crippen LogP contribution is 2.35. The van der Waals surface area contributed by atoms with Crippen molar-refractivity contribution < 1.29 is 18.0 Å². The Morgan fingerprint density at radius 2 is 1.60 bits per heavy atom. The summed E-state index contributed by atoms with van der Waals surface area (Å²) in [6, 6.07) is 20.4. The number of anilines is 2. The molecule has 1 atom stereocenters. The molecule has 0 saturated carbocycles. The van der Waals surface area contributed by atoms with E-state index in [1.54, 1.807) is 43.3 Å². The van der Waals surface area contributed by atoms with Gasteiger partial charge in [-0.1, -0.05) is 36.4 Å². The van der Waals surface area contributed by atoms with Crippen LogP contribution < -0.4 is 21.1 Å². The van der Waals surface area contributed by atoms with Gasteiger partial charge in [-0.15, -0.1) is 0 Å². The fourth-order valence-electron chi connectivity index (χ4n) is 3.77. The third-order valence-corrected chi connectivity index (χ3v) is 5.93. The normalized spacial score (nSPS) is 11.9. The molecule has 0 spiro atoms. The number of hydrogen-bond donors (Lipinski definition) is 4. The number of hydrogen-bond acceptors (Lipinski definition) is 5. The topological polar surface area (TPSA) is 159 Å². The first-order chi connectivity index (χ1) is 16.5. The molecule has 0 bridgehead atoms. The first kappa shape index (κ1) is 25.4. The Labute approximate surface area is 204 Å². The predicted octanol–water partition coefficient (Wildman–Crippen LogP) is 2.98. The van der Waals surface area contributed by atoms with Gasteiger partial charge in [0.15, 0.2) is 0 Å². The van der Waals surface area contributed by atoms with Gasteiger partial charge in [-0.05, 0) is 60.0 Å². The average molecular weight is 494 g/mol. The smallest absolute Gasteiger partial charge is 0.236 e. The number of carbonyl (C=O) groups excluding carboxylic acids is 2. The molecule has 35 heavy (non-hydrogen) atoms. The molecule has 0 radical (unpaired) electrons. The summed E-state index contributed by atoms with van der Waals surface area (Å²) in [5, 5.41) is 7.60. The van der Waals surface area contributed by atoms with E-state index in [0.29, 0.717) is 22.5 Å². The van der Waals surface area contributed by atoms with Gasteiger partial charge in [0, 0.05) is 11.3 Å². The van der Waals surface area contributed by atoms with E-state index < -0.39 is 34.3 Å². The Hall–Kier alpha value is -4.18. The number of amides is 2. The quantitative estimate of drug-likeness (QED) is 0.204. The van der Waals surface area contributed by atoms with Crippen molar-refractivity contribution in [3.05, 3.63) is 83.9 Å². The molecule has 1 unspecified atom stereocenters. The fraction of sp³-hybridized carbons (Fsp3) is 0.160. The monoisotopic (exact) mass is 493 g/mol. The zero-order valence-corrected chi connectivity index (χ0v) is 20.2. The largest absolute Gasteiger partial charge is 0.384 e. The molecule has 2 amide bonds. The molecule has 0 saturated heterocycles. The Balaban J connectivity index is 2.16. The average Bonchev–Trinajstić information content (AvgIpc) is 2.79. The van der Waals surface area contributed by atoms with E-state index in [9.17, 15) is 18.0 Å². The lowest BCUT2D eigenvalue weighted by Crippen LogP contribution is -2.36. The van der Waals surface area contributed by atoms with Crippen molar-refractivity contribution in [2.75, 3.05) is 15.9 Å². The lowest BCUT2D eigenvalue weighted by molar-refractivity contribution is -0.126. The van der Waals surface area contributed by atoms with Crippen molar-refractivity contribution in [1.82, 2.24) is 0 Å². The van der Waals surface area contributed by atoms with Crippen molar-refractivity contribution in [1.29, 1.82) is 5.41 Å². The molecule has 3 aromatic carbocycles. The molecule has 9 nitrogen and oxygen atoms in total. The summed E-state index contributed by atoms with van der Waals surface area (Å²) in [4.78, 5) is 26.1. The van der Waals surface area contributed by atoms with Crippen LogP contribution >= 0.6 is 0 Å². The summed E-state index contributed by atoms with van der Waals surface area (Å²) in [5.41, 5.74) is 14.3. The standard InChI is InChI=1S/C25H27N5O4S/c1-16(30(24(32)15-23(26)31)20-11-8-18(9-12-20)25(27)28)21-14-19(17-6-4-3-5-7-17)10-13-22(21)29-35(2,33)34/h3-14,16,29H,15H2,1-2H3,(H2,26,31)(H3,27,28). The molecule has 6 N–H and O–H groups in total. The molecule has 0 heterocycles. The van der Waals surface area contributed by atoms with E-state index in [1.165, 1.54) is 4.90 Å². The fourth-order valence-corrected chi connectivity index (χ4v) is 4.36. The van der Waals surface area contributed by atoms with Gasteiger partial charge in [-0.25, -0.2) is 8.42 Å². The SMILES string of the molecule is CC(c1cc(-c2ccccc2)ccc1NS(C)(=O)=O)N(C(=O)CC(N)=O)c1ccc(C(=N)N)cc1. The van der Waals surface area contributed by atoms with Crippen LogP contribution in [0.1, 0.15) is 30.5 Å². The van der Waals surface area contributed by atoms with Crippen molar-refractivity contribution in [3.63, 3.8) is 0 Å². The molecule has 3 rings (SSSR count). The highest BCUT2D eigenvalue weighted by molar-refractivity contribution is 7.92. The maximum Gasteiger partial charge on any atom is 0.236 e. The third-order valence-electron chi connectivity index (χ3n) is 5.34. The maximum absolute atomic E-state index is 13.2. The molecule has 0 aromatic heterocycles. The van der Waals surface area contributed by atoms with Crippen LogP contribution in [-0.2, 0) is 19.6 Å². The van der Waals surface area contributed by atoms with Crippen LogP contribution in [0.3, 0.4) is 0 Å². The predicted molar refractivity (Wildman–Crippen MR) is 138 cm³/mol. The zero-order valence-electron chi connectivity index (χ0n) is 19.4. The number of nitrogen functional groups attached to an aromatic ring is 1. The molecule has 182 valence electrons. The Kier molecular flexibility index (Phi) is 7.55. The van der Waals surface area contributed by atoms with Crippen LogP contribution in [0.4, 0.5) is 11.4 Å². The van der Waals surface area contributed by atoms with Gasteiger partial charge < -0.3 is 16.4 Å². The molecule has 0 aliphatic rings. The number of nitrogens with zero attached hydrogens (tertiary/aromatic N) is 1. The summed E-state index contributed by atoms with van der Waals surface area (Å²) < 4.78 is 26.6. The summed E-state index contributed by atoms with van der Waals surface area (Å²) in [6.07, 6.45) is 0.509. The van der Waals surface area contributed by atoms with Crippen LogP contribution in [0, 0.1) is 5.41 Å². The van der Waals surface area contributed by atoms with E-state index in [4.69, 9.17) is 16.9 Å². The van der Waals surface area contributed by atoms with Gasteiger partial charge in [-0.3, -0.25) is 19.7 Å². The number of benzene rings is 3. The van der Waals surface area contributed by atoms with Crippen molar-refractivity contribution in [2.45, 2.75) is 19.4 Å². The van der Waals surface area contributed by atoms with Crippen molar-refractivity contribution in [2.24, 2.45) is 11.5 Å². The minimum absolute atomic E-state index is 0.130. The summed E-state index contributed by atoms with van der Waals surface area (Å²) in [7, 11) is -3.62. The lowest BCUT2D eigenvalue weighted by atomic mass is 9.97. The van der Waals surface area contributed by atoms with Gasteiger partial charge in [0.25, 0.3) is 0 Å². The van der Waals surface area contributed by atoms with Crippen LogP contribution in [0.2, 0.25) is 0 Å². The highest BCUT2D eigenvalue weighted by atomic mass is 32.2. The third kappa shape index (κ3) is 6.45. The van der Waals surface area contributed by atoms with Crippen LogP contribution in [0.5, 0.6) is 0 Å². The van der Waals surface area contributed by atoms with Gasteiger partial charge in [0.05, 0.1) is 18.0 Å². The molecule has 3 aromatic rings. The van der Waals surface area contributed by atoms with Crippen molar-refractivity contribution >= 4 is 39.0 Å². The first-order valence-corrected chi connectivity index (χ1v) is 12.6. The van der Waals surface area contributed by atoms with Crippen LogP contribution in [0.25, 0.3) is 11.1 Å². The molecule has 0 aliphatic carbocycles. The highest BCUT2D eigenvalue weighted by Gasteiger charge is 2.27. The molecule has 10 heteroatoms. The number of rotatable bonds is 9. The van der Waals surface area contributed by atoms with E-state index >= 15 is 0 Å². The van der Waals surface area contributed by atoms with Crippen LogP contribution in [0.15, 0.2) is 72.8 Å². The summed E-state index contributed by atoms with van der Waals surface area (Å²) in [6.45, 7) is 1.73. The molecule has 0 aliphatic heterocycles. The molecular weight excluding hydrogens is 466 g/mol. The van der Waals surface area contributed by atoms with Gasteiger partial charge in [-0.2, -0.15) is 0 Å².